The number of carboxylic acid groups (broad SMARTS) is 2. The third kappa shape index (κ3) is 4.22. The maximum absolute atomic E-state index is 15.5. The molecule has 0 fully saturated rings. The Bertz CT molecular complexity index is 1380. The number of aromatic nitrogens is 1. The van der Waals surface area contributed by atoms with E-state index in [0.29, 0.717) is 11.8 Å². The lowest BCUT2D eigenvalue weighted by atomic mass is 9.64. The van der Waals surface area contributed by atoms with Crippen LogP contribution in [0.3, 0.4) is 0 Å². The Morgan fingerprint density at radius 1 is 0.973 bits per heavy atom. The molecule has 10 heteroatoms. The third-order valence-electron chi connectivity index (χ3n) is 6.80. The second-order valence-electron chi connectivity index (χ2n) is 8.84. The van der Waals surface area contributed by atoms with Crippen LogP contribution in [0.2, 0.25) is 0 Å². The van der Waals surface area contributed by atoms with E-state index >= 15 is 4.39 Å². The molecule has 192 valence electrons. The molecule has 0 aliphatic carbocycles. The molecule has 0 spiro atoms. The minimum Gasteiger partial charge on any atom is -0.481 e. The minimum absolute atomic E-state index is 0.0474. The molecular weight excluding hydrogens is 492 g/mol. The highest BCUT2D eigenvalue weighted by Crippen LogP contribution is 2.54. The molecule has 2 aromatic carbocycles. The lowest BCUT2D eigenvalue weighted by Crippen LogP contribution is -2.58. The largest absolute Gasteiger partial charge is 0.481 e. The number of alkyl halides is 3. The lowest BCUT2D eigenvalue weighted by Gasteiger charge is -2.52. The van der Waals surface area contributed by atoms with Crippen molar-refractivity contribution in [2.24, 2.45) is 5.92 Å². The number of rotatable bonds is 5. The van der Waals surface area contributed by atoms with Crippen molar-refractivity contribution in [3.05, 3.63) is 107 Å². The van der Waals surface area contributed by atoms with Gasteiger partial charge in [0.2, 0.25) is 0 Å². The van der Waals surface area contributed by atoms with Crippen LogP contribution in [0.4, 0.5) is 23.2 Å². The summed E-state index contributed by atoms with van der Waals surface area (Å²) in [6, 6.07) is 15.6. The Kier molecular flexibility index (Phi) is 6.53. The summed E-state index contributed by atoms with van der Waals surface area (Å²) >= 11 is 0. The summed E-state index contributed by atoms with van der Waals surface area (Å²) in [6.07, 6.45) is -3.65. The normalized spacial score (nSPS) is 22.2. The quantitative estimate of drug-likeness (QED) is 0.417. The fourth-order valence-corrected chi connectivity index (χ4v) is 5.31. The van der Waals surface area contributed by atoms with Crippen molar-refractivity contribution in [2.45, 2.75) is 31.5 Å². The molecule has 0 saturated heterocycles. The maximum Gasteiger partial charge on any atom is 0.419 e. The van der Waals surface area contributed by atoms with Crippen LogP contribution in [-0.4, -0.2) is 27.1 Å². The van der Waals surface area contributed by atoms with Gasteiger partial charge < -0.3 is 15.1 Å². The lowest BCUT2D eigenvalue weighted by molar-refractivity contribution is -0.145. The number of carbonyl (C=O) groups is 2. The first-order valence-corrected chi connectivity index (χ1v) is 11.2. The molecule has 0 radical (unpaired) electrons. The highest BCUT2D eigenvalue weighted by atomic mass is 19.4. The average Bonchev–Trinajstić information content (AvgIpc) is 2.83. The van der Waals surface area contributed by atoms with Crippen LogP contribution in [0.1, 0.15) is 36.6 Å². The zero-order valence-corrected chi connectivity index (χ0v) is 19.7. The van der Waals surface area contributed by atoms with Crippen molar-refractivity contribution < 1.29 is 37.4 Å². The Morgan fingerprint density at radius 2 is 1.62 bits per heavy atom. The maximum atomic E-state index is 15.5. The van der Waals surface area contributed by atoms with E-state index < -0.39 is 58.0 Å². The highest BCUT2D eigenvalue weighted by molar-refractivity contribution is 5.94. The van der Waals surface area contributed by atoms with E-state index in [9.17, 15) is 33.0 Å². The number of halogens is 4. The number of nitrogens with zero attached hydrogens (tertiary/aromatic N) is 2. The molecule has 3 atom stereocenters. The number of aliphatic carboxylic acids is 2. The van der Waals surface area contributed by atoms with E-state index in [1.54, 1.807) is 48.5 Å². The first kappa shape index (κ1) is 25.9. The van der Waals surface area contributed by atoms with Gasteiger partial charge in [-0.25, -0.2) is 9.18 Å². The number of pyridine rings is 1. The zero-order valence-electron chi connectivity index (χ0n) is 19.7. The van der Waals surface area contributed by atoms with Gasteiger partial charge >= 0.3 is 18.1 Å². The van der Waals surface area contributed by atoms with E-state index in [1.165, 1.54) is 24.9 Å². The molecule has 0 saturated carbocycles. The molecule has 4 rings (SSSR count). The van der Waals surface area contributed by atoms with Crippen LogP contribution in [0.15, 0.2) is 84.2 Å². The first-order chi connectivity index (χ1) is 17.4. The van der Waals surface area contributed by atoms with Gasteiger partial charge in [-0.1, -0.05) is 36.4 Å². The highest BCUT2D eigenvalue weighted by Gasteiger charge is 2.58. The first-order valence-electron chi connectivity index (χ1n) is 11.2. The summed E-state index contributed by atoms with van der Waals surface area (Å²) in [5.74, 6) is -8.34. The van der Waals surface area contributed by atoms with Crippen molar-refractivity contribution in [3.63, 3.8) is 0 Å². The van der Waals surface area contributed by atoms with E-state index in [4.69, 9.17) is 0 Å². The number of hydrogen-bond donors (Lipinski definition) is 2. The third-order valence-corrected chi connectivity index (χ3v) is 6.80. The predicted molar refractivity (Wildman–Crippen MR) is 126 cm³/mol. The van der Waals surface area contributed by atoms with Crippen molar-refractivity contribution >= 4 is 17.6 Å². The van der Waals surface area contributed by atoms with Gasteiger partial charge in [0.15, 0.2) is 0 Å². The van der Waals surface area contributed by atoms with Crippen molar-refractivity contribution in [3.8, 4) is 0 Å². The number of benzene rings is 2. The molecule has 0 amide bonds. The van der Waals surface area contributed by atoms with Crippen molar-refractivity contribution in [1.29, 1.82) is 0 Å². The number of carboxylic acids is 2. The van der Waals surface area contributed by atoms with Gasteiger partial charge in [-0.15, -0.1) is 0 Å². The Morgan fingerprint density at radius 3 is 2.16 bits per heavy atom. The van der Waals surface area contributed by atoms with E-state index in [2.05, 4.69) is 4.98 Å². The number of para-hydroxylation sites is 1. The smallest absolute Gasteiger partial charge is 0.419 e. The van der Waals surface area contributed by atoms with E-state index in [-0.39, 0.29) is 11.4 Å². The molecule has 2 heterocycles. The van der Waals surface area contributed by atoms with Crippen LogP contribution < -0.4 is 4.90 Å². The topological polar surface area (TPSA) is 90.7 Å². The van der Waals surface area contributed by atoms with Gasteiger partial charge in [-0.05, 0) is 49.7 Å². The fourth-order valence-electron chi connectivity index (χ4n) is 5.31. The standard InChI is InChI=1S/C27H22F4N2O4/c1-15-20(24(34)35)21(17-11-8-12-18(23(17)28)27(29,30)31)22(25(36)37)26(2,19-13-6-7-14-32-19)33(15)16-9-4-3-5-10-16/h3-14,21-22H,1-2H3,(H,34,35)(H,36,37). The molecule has 3 unspecified atom stereocenters. The molecule has 2 N–H and O–H groups in total. The Hall–Kier alpha value is -4.21. The SMILES string of the molecule is CC1=C(C(=O)O)C(c2cccc(C(F)(F)F)c2F)C(C(=O)O)C(C)(c2ccccn2)N1c1ccccc1. The van der Waals surface area contributed by atoms with Crippen LogP contribution in [0.25, 0.3) is 0 Å². The summed E-state index contributed by atoms with van der Waals surface area (Å²) in [5, 5.41) is 20.8. The zero-order chi connectivity index (χ0) is 27.1. The van der Waals surface area contributed by atoms with Crippen molar-refractivity contribution in [2.75, 3.05) is 4.90 Å². The Labute approximate surface area is 209 Å². The molecule has 37 heavy (non-hydrogen) atoms. The average molecular weight is 514 g/mol. The van der Waals surface area contributed by atoms with Crippen LogP contribution >= 0.6 is 0 Å². The van der Waals surface area contributed by atoms with Crippen LogP contribution in [0, 0.1) is 11.7 Å². The van der Waals surface area contributed by atoms with Gasteiger partial charge in [0.1, 0.15) is 5.82 Å². The predicted octanol–water partition coefficient (Wildman–Crippen LogP) is 5.82. The molecule has 3 aromatic rings. The number of allylic oxidation sites excluding steroid dienone is 1. The number of hydrogen-bond acceptors (Lipinski definition) is 4. The second kappa shape index (κ2) is 9.34. The van der Waals surface area contributed by atoms with Gasteiger partial charge in [0.05, 0.1) is 28.3 Å². The molecule has 1 aliphatic rings. The van der Waals surface area contributed by atoms with E-state index in [0.717, 1.165) is 12.1 Å². The van der Waals surface area contributed by atoms with Crippen LogP contribution in [0.5, 0.6) is 0 Å². The molecule has 6 nitrogen and oxygen atoms in total. The summed E-state index contributed by atoms with van der Waals surface area (Å²) in [5.41, 5.74) is -3.75. The van der Waals surface area contributed by atoms with Crippen molar-refractivity contribution in [1.82, 2.24) is 4.98 Å². The summed E-state index contributed by atoms with van der Waals surface area (Å²) < 4.78 is 56.2. The number of anilines is 1. The van der Waals surface area contributed by atoms with Crippen LogP contribution in [-0.2, 0) is 21.3 Å². The van der Waals surface area contributed by atoms with Gasteiger partial charge in [-0.3, -0.25) is 9.78 Å². The molecule has 1 aromatic heterocycles. The monoisotopic (exact) mass is 514 g/mol. The second-order valence-corrected chi connectivity index (χ2v) is 8.84. The molecule has 0 bridgehead atoms. The van der Waals surface area contributed by atoms with Gasteiger partial charge in [-0.2, -0.15) is 13.2 Å². The van der Waals surface area contributed by atoms with Gasteiger partial charge in [0.25, 0.3) is 0 Å². The van der Waals surface area contributed by atoms with Gasteiger partial charge in [0, 0.05) is 23.5 Å². The summed E-state index contributed by atoms with van der Waals surface area (Å²) in [4.78, 5) is 31.4. The fraction of sp³-hybridized carbons (Fsp3) is 0.222. The molecule has 1 aliphatic heterocycles. The summed E-state index contributed by atoms with van der Waals surface area (Å²) in [7, 11) is 0. The Balaban J connectivity index is 2.15. The minimum atomic E-state index is -5.07. The van der Waals surface area contributed by atoms with E-state index in [1.807, 2.05) is 0 Å². The summed E-state index contributed by atoms with van der Waals surface area (Å²) in [6.45, 7) is 2.94. The molecular formula is C27H22F4N2O4.